The zero-order valence-electron chi connectivity index (χ0n) is 9.77. The minimum absolute atomic E-state index is 0.786. The summed E-state index contributed by atoms with van der Waals surface area (Å²) in [7, 11) is 0. The van der Waals surface area contributed by atoms with E-state index in [2.05, 4.69) is 58.4 Å². The molecule has 0 atom stereocenters. The molecule has 0 bridgehead atoms. The van der Waals surface area contributed by atoms with E-state index >= 15 is 0 Å². The van der Waals surface area contributed by atoms with Crippen LogP contribution in [-0.2, 0) is 0 Å². The number of benzene rings is 2. The molecule has 0 saturated carbocycles. The minimum atomic E-state index is -1.39. The van der Waals surface area contributed by atoms with Gasteiger partial charge in [-0.3, -0.25) is 0 Å². The van der Waals surface area contributed by atoms with Gasteiger partial charge in [-0.1, -0.05) is 0 Å². The van der Waals surface area contributed by atoms with Crippen LogP contribution >= 0.6 is 0 Å². The van der Waals surface area contributed by atoms with Gasteiger partial charge in [-0.2, -0.15) is 0 Å². The van der Waals surface area contributed by atoms with Gasteiger partial charge in [-0.25, -0.2) is 0 Å². The van der Waals surface area contributed by atoms with Gasteiger partial charge in [0, 0.05) is 0 Å². The van der Waals surface area contributed by atoms with Crippen LogP contribution in [0.2, 0.25) is 9.88 Å². The van der Waals surface area contributed by atoms with Crippen molar-refractivity contribution in [1.82, 2.24) is 0 Å². The molecule has 0 aromatic heterocycles. The van der Waals surface area contributed by atoms with Crippen LogP contribution in [0, 0.1) is 0 Å². The van der Waals surface area contributed by atoms with E-state index in [1.54, 1.807) is 11.1 Å². The van der Waals surface area contributed by atoms with E-state index in [9.17, 15) is 0 Å². The monoisotopic (exact) mass is 316 g/mol. The van der Waals surface area contributed by atoms with E-state index in [1.165, 1.54) is 11.1 Å². The van der Waals surface area contributed by atoms with Crippen molar-refractivity contribution in [3.63, 3.8) is 0 Å². The summed E-state index contributed by atoms with van der Waals surface area (Å²) in [6, 6.07) is 17.9. The summed E-state index contributed by atoms with van der Waals surface area (Å²) in [4.78, 5) is 5.04. The SMILES string of the molecule is [CH3][SnH]([CH3])[CH]1c2ccccc2-c2ccccc21. The van der Waals surface area contributed by atoms with Crippen molar-refractivity contribution in [2.24, 2.45) is 0 Å². The first-order valence-corrected chi connectivity index (χ1v) is 14.5. The van der Waals surface area contributed by atoms with Gasteiger partial charge in [-0.15, -0.1) is 0 Å². The molecule has 0 saturated heterocycles. The van der Waals surface area contributed by atoms with Crippen LogP contribution < -0.4 is 0 Å². The molecule has 0 unspecified atom stereocenters. The number of hydrogen-bond donors (Lipinski definition) is 0. The molecule has 1 aliphatic rings. The fourth-order valence-corrected chi connectivity index (χ4v) is 8.67. The van der Waals surface area contributed by atoms with Crippen LogP contribution in [0.1, 0.15) is 15.1 Å². The van der Waals surface area contributed by atoms with Crippen LogP contribution in [0.5, 0.6) is 0 Å². The second kappa shape index (κ2) is 3.92. The van der Waals surface area contributed by atoms with E-state index in [0.29, 0.717) is 0 Å². The zero-order valence-corrected chi connectivity index (χ0v) is 13.1. The van der Waals surface area contributed by atoms with Gasteiger partial charge in [0.15, 0.2) is 0 Å². The summed E-state index contributed by atoms with van der Waals surface area (Å²) in [5.41, 5.74) is 6.14. The first-order chi connectivity index (χ1) is 7.79. The molecule has 0 amide bonds. The van der Waals surface area contributed by atoms with E-state index in [4.69, 9.17) is 0 Å². The van der Waals surface area contributed by atoms with E-state index in [-0.39, 0.29) is 0 Å². The van der Waals surface area contributed by atoms with Gasteiger partial charge < -0.3 is 0 Å². The van der Waals surface area contributed by atoms with Crippen molar-refractivity contribution < 1.29 is 0 Å². The summed E-state index contributed by atoms with van der Waals surface area (Å²) in [5.74, 6) is 0. The average Bonchev–Trinajstić information content (AvgIpc) is 2.63. The number of fused-ring (bicyclic) bond motifs is 3. The molecule has 2 aromatic carbocycles. The Morgan fingerprint density at radius 3 is 1.62 bits per heavy atom. The third-order valence-electron chi connectivity index (χ3n) is 3.55. The molecule has 0 fully saturated rings. The summed E-state index contributed by atoms with van der Waals surface area (Å²) in [6.07, 6.45) is 0. The van der Waals surface area contributed by atoms with Gasteiger partial charge in [0.1, 0.15) is 0 Å². The van der Waals surface area contributed by atoms with Gasteiger partial charge >= 0.3 is 104 Å². The predicted octanol–water partition coefficient (Wildman–Crippen LogP) is 3.82. The van der Waals surface area contributed by atoms with Crippen molar-refractivity contribution in [3.05, 3.63) is 59.7 Å². The number of rotatable bonds is 1. The quantitative estimate of drug-likeness (QED) is 0.702. The molecule has 2 aromatic rings. The van der Waals surface area contributed by atoms with Crippen molar-refractivity contribution in [2.75, 3.05) is 0 Å². The first-order valence-electron chi connectivity index (χ1n) is 5.97. The van der Waals surface area contributed by atoms with Gasteiger partial charge in [0.2, 0.25) is 0 Å². The summed E-state index contributed by atoms with van der Waals surface area (Å²) in [5, 5.41) is 0. The normalized spacial score (nSPS) is 13.9. The Balaban J connectivity index is 2.30. The average molecular weight is 315 g/mol. The molecule has 16 heavy (non-hydrogen) atoms. The molecule has 0 N–H and O–H groups in total. The van der Waals surface area contributed by atoms with Crippen molar-refractivity contribution in [3.8, 4) is 11.1 Å². The summed E-state index contributed by atoms with van der Waals surface area (Å²) in [6.45, 7) is 0. The first kappa shape index (κ1) is 10.4. The Labute approximate surface area is 104 Å². The fourth-order valence-electron chi connectivity index (χ4n) is 2.91. The Bertz CT molecular complexity index is 483. The Kier molecular flexibility index (Phi) is 2.55. The van der Waals surface area contributed by atoms with Crippen LogP contribution in [0.3, 0.4) is 0 Å². The second-order valence-corrected chi connectivity index (χ2v) is 13.9. The van der Waals surface area contributed by atoms with E-state index < -0.39 is 19.8 Å². The molecule has 0 heterocycles. The third-order valence-corrected chi connectivity index (χ3v) is 9.40. The molecule has 0 radical (unpaired) electrons. The zero-order chi connectivity index (χ0) is 11.1. The van der Waals surface area contributed by atoms with E-state index in [0.717, 1.165) is 3.93 Å². The summed E-state index contributed by atoms with van der Waals surface area (Å²) >= 11 is -1.39. The van der Waals surface area contributed by atoms with Gasteiger partial charge in [0.05, 0.1) is 0 Å². The molecule has 1 heteroatoms. The summed E-state index contributed by atoms with van der Waals surface area (Å²) < 4.78 is 0.786. The number of hydrogen-bond acceptors (Lipinski definition) is 0. The molecular formula is C15H16Sn. The Morgan fingerprint density at radius 2 is 1.19 bits per heavy atom. The van der Waals surface area contributed by atoms with Gasteiger partial charge in [0.25, 0.3) is 0 Å². The maximum atomic E-state index is 2.52. The molecule has 0 aliphatic heterocycles. The molecule has 1 aliphatic carbocycles. The molecule has 80 valence electrons. The topological polar surface area (TPSA) is 0 Å². The maximum absolute atomic E-state index is 2.52. The Hall–Kier alpha value is -0.761. The third kappa shape index (κ3) is 1.43. The van der Waals surface area contributed by atoms with Crippen molar-refractivity contribution in [2.45, 2.75) is 13.8 Å². The van der Waals surface area contributed by atoms with Crippen LogP contribution in [0.25, 0.3) is 11.1 Å². The standard InChI is InChI=1S/C13H9.2CH3.Sn.H/c1-3-7-12-10(5-1)9-11-6-2-4-8-13(11)12;;;;/h1-9H;2*1H3;;. The van der Waals surface area contributed by atoms with Crippen molar-refractivity contribution >= 4 is 19.8 Å². The second-order valence-electron chi connectivity index (χ2n) is 4.90. The van der Waals surface area contributed by atoms with Crippen LogP contribution in [0.15, 0.2) is 48.5 Å². The molecule has 0 spiro atoms. The van der Waals surface area contributed by atoms with Gasteiger partial charge in [-0.05, 0) is 0 Å². The van der Waals surface area contributed by atoms with Crippen LogP contribution in [-0.4, -0.2) is 19.8 Å². The van der Waals surface area contributed by atoms with E-state index in [1.807, 2.05) is 0 Å². The predicted molar refractivity (Wildman–Crippen MR) is 72.6 cm³/mol. The molecule has 0 nitrogen and oxygen atoms in total. The van der Waals surface area contributed by atoms with Crippen molar-refractivity contribution in [1.29, 1.82) is 0 Å². The Morgan fingerprint density at radius 1 is 0.750 bits per heavy atom. The van der Waals surface area contributed by atoms with Crippen LogP contribution in [0.4, 0.5) is 0 Å². The molecular weight excluding hydrogens is 299 g/mol. The molecule has 3 rings (SSSR count). The fraction of sp³-hybridized carbons (Fsp3) is 0.200.